The molecule has 5 heteroatoms. The summed E-state index contributed by atoms with van der Waals surface area (Å²) in [5.41, 5.74) is 8.41. The zero-order valence-electron chi connectivity index (χ0n) is 11.5. The van der Waals surface area contributed by atoms with E-state index in [9.17, 15) is 9.59 Å². The van der Waals surface area contributed by atoms with Crippen LogP contribution in [0, 0.1) is 13.8 Å². The van der Waals surface area contributed by atoms with Crippen molar-refractivity contribution in [3.05, 3.63) is 58.9 Å². The highest BCUT2D eigenvalue weighted by Gasteiger charge is 2.08. The average Bonchev–Trinajstić information content (AvgIpc) is 2.94. The summed E-state index contributed by atoms with van der Waals surface area (Å²) in [6, 6.07) is 9.21. The minimum atomic E-state index is -0.372. The lowest BCUT2D eigenvalue weighted by Crippen LogP contribution is -2.42. The minimum Gasteiger partial charge on any atom is -0.357 e. The van der Waals surface area contributed by atoms with Crippen molar-refractivity contribution in [2.45, 2.75) is 20.3 Å². The van der Waals surface area contributed by atoms with E-state index in [0.29, 0.717) is 5.69 Å². The van der Waals surface area contributed by atoms with Crippen LogP contribution in [0.3, 0.4) is 0 Å². The number of hydrogen-bond acceptors (Lipinski definition) is 2. The first-order valence-corrected chi connectivity index (χ1v) is 6.35. The molecule has 104 valence electrons. The Kier molecular flexibility index (Phi) is 4.20. The predicted octanol–water partition coefficient (Wildman–Crippen LogP) is 1.64. The molecule has 1 aromatic carbocycles. The average molecular weight is 271 g/mol. The molecule has 1 aromatic heterocycles. The van der Waals surface area contributed by atoms with E-state index in [4.69, 9.17) is 0 Å². The molecule has 0 radical (unpaired) electrons. The van der Waals surface area contributed by atoms with Gasteiger partial charge in [0.1, 0.15) is 5.69 Å². The number of hydrazine groups is 1. The predicted molar refractivity (Wildman–Crippen MR) is 76.0 cm³/mol. The van der Waals surface area contributed by atoms with Gasteiger partial charge >= 0.3 is 0 Å². The lowest BCUT2D eigenvalue weighted by Gasteiger charge is -2.08. The SMILES string of the molecule is Cc1ccc(CC(=O)NNC(=O)c2ccc[nH]2)cc1C. The first kappa shape index (κ1) is 13.9. The molecule has 0 saturated carbocycles. The van der Waals surface area contributed by atoms with Gasteiger partial charge in [0.15, 0.2) is 0 Å². The number of aromatic nitrogens is 1. The van der Waals surface area contributed by atoms with E-state index in [1.54, 1.807) is 18.3 Å². The fourth-order valence-electron chi connectivity index (χ4n) is 1.81. The van der Waals surface area contributed by atoms with Crippen LogP contribution in [0.5, 0.6) is 0 Å². The number of amides is 2. The van der Waals surface area contributed by atoms with Gasteiger partial charge in [-0.2, -0.15) is 0 Å². The number of carbonyl (C=O) groups excluding carboxylic acids is 2. The van der Waals surface area contributed by atoms with Crippen molar-refractivity contribution in [3.63, 3.8) is 0 Å². The molecule has 0 fully saturated rings. The molecule has 1 heterocycles. The van der Waals surface area contributed by atoms with Crippen LogP contribution >= 0.6 is 0 Å². The van der Waals surface area contributed by atoms with Gasteiger partial charge in [-0.1, -0.05) is 18.2 Å². The van der Waals surface area contributed by atoms with Gasteiger partial charge in [-0.05, 0) is 42.7 Å². The number of benzene rings is 1. The summed E-state index contributed by atoms with van der Waals surface area (Å²) < 4.78 is 0. The zero-order chi connectivity index (χ0) is 14.5. The van der Waals surface area contributed by atoms with E-state index < -0.39 is 0 Å². The van der Waals surface area contributed by atoms with E-state index in [0.717, 1.165) is 11.1 Å². The van der Waals surface area contributed by atoms with Crippen molar-refractivity contribution in [1.29, 1.82) is 0 Å². The number of carbonyl (C=O) groups is 2. The summed E-state index contributed by atoms with van der Waals surface area (Å²) in [6.45, 7) is 4.03. The molecule has 2 rings (SSSR count). The highest BCUT2D eigenvalue weighted by molar-refractivity contribution is 5.93. The molecule has 0 aliphatic carbocycles. The topological polar surface area (TPSA) is 74.0 Å². The van der Waals surface area contributed by atoms with Crippen molar-refractivity contribution in [2.75, 3.05) is 0 Å². The van der Waals surface area contributed by atoms with E-state index in [-0.39, 0.29) is 18.2 Å². The summed E-state index contributed by atoms with van der Waals surface area (Å²) in [5.74, 6) is -0.628. The fraction of sp³-hybridized carbons (Fsp3) is 0.200. The van der Waals surface area contributed by atoms with Crippen molar-refractivity contribution in [1.82, 2.24) is 15.8 Å². The Labute approximate surface area is 117 Å². The van der Waals surface area contributed by atoms with Gasteiger partial charge in [0.05, 0.1) is 6.42 Å². The van der Waals surface area contributed by atoms with Gasteiger partial charge in [0.25, 0.3) is 5.91 Å². The van der Waals surface area contributed by atoms with E-state index >= 15 is 0 Å². The number of nitrogens with one attached hydrogen (secondary N) is 3. The standard InChI is InChI=1S/C15H17N3O2/c1-10-5-6-12(8-11(10)2)9-14(19)17-18-15(20)13-4-3-7-16-13/h3-8,16H,9H2,1-2H3,(H,17,19)(H,18,20). The van der Waals surface area contributed by atoms with E-state index in [2.05, 4.69) is 15.8 Å². The molecular formula is C15H17N3O2. The first-order chi connectivity index (χ1) is 9.56. The second-order valence-corrected chi connectivity index (χ2v) is 4.68. The highest BCUT2D eigenvalue weighted by atomic mass is 16.2. The highest BCUT2D eigenvalue weighted by Crippen LogP contribution is 2.10. The van der Waals surface area contributed by atoms with Crippen LogP contribution in [0.1, 0.15) is 27.2 Å². The molecule has 0 aliphatic rings. The Bertz CT molecular complexity index is 618. The maximum Gasteiger partial charge on any atom is 0.286 e. The van der Waals surface area contributed by atoms with Crippen LogP contribution in [0.4, 0.5) is 0 Å². The molecular weight excluding hydrogens is 254 g/mol. The maximum absolute atomic E-state index is 11.7. The van der Waals surface area contributed by atoms with Crippen molar-refractivity contribution < 1.29 is 9.59 Å². The molecule has 5 nitrogen and oxygen atoms in total. The van der Waals surface area contributed by atoms with Crippen LogP contribution in [0.15, 0.2) is 36.5 Å². The number of aryl methyl sites for hydroxylation is 2. The van der Waals surface area contributed by atoms with Gasteiger partial charge in [-0.3, -0.25) is 20.4 Å². The van der Waals surface area contributed by atoms with Crippen LogP contribution < -0.4 is 10.9 Å². The lowest BCUT2D eigenvalue weighted by molar-refractivity contribution is -0.121. The molecule has 2 aromatic rings. The van der Waals surface area contributed by atoms with Crippen molar-refractivity contribution in [3.8, 4) is 0 Å². The molecule has 20 heavy (non-hydrogen) atoms. The molecule has 3 N–H and O–H groups in total. The van der Waals surface area contributed by atoms with Crippen LogP contribution in [0.2, 0.25) is 0 Å². The molecule has 0 aliphatic heterocycles. The summed E-state index contributed by atoms with van der Waals surface area (Å²) in [7, 11) is 0. The van der Waals surface area contributed by atoms with Crippen LogP contribution in [-0.4, -0.2) is 16.8 Å². The number of H-pyrrole nitrogens is 1. The van der Waals surface area contributed by atoms with Gasteiger partial charge in [0, 0.05) is 6.20 Å². The van der Waals surface area contributed by atoms with Gasteiger partial charge in [-0.15, -0.1) is 0 Å². The second kappa shape index (κ2) is 6.06. The zero-order valence-corrected chi connectivity index (χ0v) is 11.5. The molecule has 0 saturated heterocycles. The third-order valence-electron chi connectivity index (χ3n) is 3.09. The Balaban J connectivity index is 1.86. The largest absolute Gasteiger partial charge is 0.357 e. The normalized spacial score (nSPS) is 10.1. The Hall–Kier alpha value is -2.56. The molecule has 0 bridgehead atoms. The van der Waals surface area contributed by atoms with E-state index in [1.807, 2.05) is 32.0 Å². The smallest absolute Gasteiger partial charge is 0.286 e. The summed E-state index contributed by atoms with van der Waals surface area (Å²) in [6.07, 6.45) is 1.87. The second-order valence-electron chi connectivity index (χ2n) is 4.68. The minimum absolute atomic E-state index is 0.228. The van der Waals surface area contributed by atoms with Gasteiger partial charge in [0.2, 0.25) is 5.91 Å². The monoisotopic (exact) mass is 271 g/mol. The third kappa shape index (κ3) is 3.47. The molecule has 2 amide bonds. The van der Waals surface area contributed by atoms with Crippen molar-refractivity contribution in [2.24, 2.45) is 0 Å². The van der Waals surface area contributed by atoms with Gasteiger partial charge < -0.3 is 4.98 Å². The molecule has 0 unspecified atom stereocenters. The summed E-state index contributed by atoms with van der Waals surface area (Å²) in [4.78, 5) is 26.1. The Morgan fingerprint density at radius 1 is 1.10 bits per heavy atom. The van der Waals surface area contributed by atoms with Crippen LogP contribution in [-0.2, 0) is 11.2 Å². The fourth-order valence-corrected chi connectivity index (χ4v) is 1.81. The molecule has 0 atom stereocenters. The lowest BCUT2D eigenvalue weighted by atomic mass is 10.0. The quantitative estimate of drug-likeness (QED) is 0.742. The third-order valence-corrected chi connectivity index (χ3v) is 3.09. The number of hydrogen-bond donors (Lipinski definition) is 3. The Morgan fingerprint density at radius 3 is 2.55 bits per heavy atom. The number of aromatic amines is 1. The summed E-state index contributed by atoms with van der Waals surface area (Å²) >= 11 is 0. The molecule has 0 spiro atoms. The van der Waals surface area contributed by atoms with Crippen LogP contribution in [0.25, 0.3) is 0 Å². The van der Waals surface area contributed by atoms with E-state index in [1.165, 1.54) is 5.56 Å². The number of rotatable bonds is 3. The summed E-state index contributed by atoms with van der Waals surface area (Å²) in [5, 5.41) is 0. The Morgan fingerprint density at radius 2 is 1.90 bits per heavy atom. The first-order valence-electron chi connectivity index (χ1n) is 6.35. The maximum atomic E-state index is 11.7. The van der Waals surface area contributed by atoms with Gasteiger partial charge in [-0.25, -0.2) is 0 Å². The van der Waals surface area contributed by atoms with Crippen molar-refractivity contribution >= 4 is 11.8 Å².